The zero-order valence-electron chi connectivity index (χ0n) is 9.37. The number of aromatic carboxylic acids is 1. The Hall–Kier alpha value is -0.670. The van der Waals surface area contributed by atoms with Crippen molar-refractivity contribution in [1.29, 1.82) is 0 Å². The zero-order valence-corrected chi connectivity index (χ0v) is 10.9. The van der Waals surface area contributed by atoms with E-state index in [4.69, 9.17) is 16.7 Å². The number of hydrogen-bond acceptors (Lipinski definition) is 2. The molecule has 0 heterocycles. The Morgan fingerprint density at radius 1 is 1.56 bits per heavy atom. The molecule has 16 heavy (non-hydrogen) atoms. The molecular formula is C12H15ClO2S. The van der Waals surface area contributed by atoms with Gasteiger partial charge in [0.05, 0.1) is 10.6 Å². The molecule has 0 fully saturated rings. The zero-order chi connectivity index (χ0) is 12.1. The van der Waals surface area contributed by atoms with E-state index in [9.17, 15) is 4.79 Å². The molecule has 0 amide bonds. The smallest absolute Gasteiger partial charge is 0.335 e. The first-order valence-electron chi connectivity index (χ1n) is 5.20. The van der Waals surface area contributed by atoms with Gasteiger partial charge >= 0.3 is 5.97 Å². The average Bonchev–Trinajstić information content (AvgIpc) is 2.26. The molecule has 1 aromatic carbocycles. The molecule has 0 aromatic heterocycles. The highest BCUT2D eigenvalue weighted by Gasteiger charge is 2.08. The van der Waals surface area contributed by atoms with E-state index in [0.29, 0.717) is 10.9 Å². The standard InChI is InChI=1S/C12H15ClO2S/c1-3-8(2)7-16-11-5-4-9(12(14)15)6-10(11)13/h4-6,8H,3,7H2,1-2H3,(H,14,15). The Bertz CT molecular complexity index is 379. The molecule has 88 valence electrons. The molecule has 0 saturated heterocycles. The largest absolute Gasteiger partial charge is 0.478 e. The van der Waals surface area contributed by atoms with Gasteiger partial charge in [-0.2, -0.15) is 0 Å². The number of carbonyl (C=O) groups is 1. The lowest BCUT2D eigenvalue weighted by Crippen LogP contribution is -1.97. The van der Waals surface area contributed by atoms with E-state index in [1.54, 1.807) is 23.9 Å². The fraction of sp³-hybridized carbons (Fsp3) is 0.417. The molecule has 1 unspecified atom stereocenters. The van der Waals surface area contributed by atoms with Crippen LogP contribution in [0, 0.1) is 5.92 Å². The molecule has 0 aliphatic heterocycles. The van der Waals surface area contributed by atoms with Crippen LogP contribution in [0.3, 0.4) is 0 Å². The maximum absolute atomic E-state index is 10.7. The predicted molar refractivity (Wildman–Crippen MR) is 68.6 cm³/mol. The lowest BCUT2D eigenvalue weighted by molar-refractivity contribution is 0.0697. The normalized spacial score (nSPS) is 12.4. The van der Waals surface area contributed by atoms with E-state index < -0.39 is 5.97 Å². The minimum atomic E-state index is -0.944. The average molecular weight is 259 g/mol. The first kappa shape index (κ1) is 13.4. The molecule has 1 aromatic rings. The summed E-state index contributed by atoms with van der Waals surface area (Å²) in [4.78, 5) is 11.7. The number of carboxylic acids is 1. The molecule has 0 aliphatic rings. The van der Waals surface area contributed by atoms with Gasteiger partial charge in [0, 0.05) is 10.6 Å². The van der Waals surface area contributed by atoms with E-state index in [1.807, 2.05) is 0 Å². The molecule has 1 rings (SSSR count). The van der Waals surface area contributed by atoms with Crippen molar-refractivity contribution in [2.45, 2.75) is 25.2 Å². The van der Waals surface area contributed by atoms with Crippen molar-refractivity contribution in [3.8, 4) is 0 Å². The first-order chi connectivity index (χ1) is 7.54. The van der Waals surface area contributed by atoms with Gasteiger partial charge < -0.3 is 5.11 Å². The predicted octanol–water partition coefficient (Wildman–Crippen LogP) is 4.18. The van der Waals surface area contributed by atoms with Crippen LogP contribution in [0.25, 0.3) is 0 Å². The van der Waals surface area contributed by atoms with Crippen LogP contribution in [0.1, 0.15) is 30.6 Å². The van der Waals surface area contributed by atoms with Crippen LogP contribution in [0.15, 0.2) is 23.1 Å². The fourth-order valence-electron chi connectivity index (χ4n) is 1.10. The molecule has 2 nitrogen and oxygen atoms in total. The minimum Gasteiger partial charge on any atom is -0.478 e. The van der Waals surface area contributed by atoms with Crippen LogP contribution in [0.5, 0.6) is 0 Å². The summed E-state index contributed by atoms with van der Waals surface area (Å²) >= 11 is 7.69. The number of rotatable bonds is 5. The molecule has 0 aliphatic carbocycles. The van der Waals surface area contributed by atoms with Crippen molar-refractivity contribution in [2.75, 3.05) is 5.75 Å². The maximum atomic E-state index is 10.7. The summed E-state index contributed by atoms with van der Waals surface area (Å²) in [7, 11) is 0. The van der Waals surface area contributed by atoms with E-state index in [-0.39, 0.29) is 5.56 Å². The topological polar surface area (TPSA) is 37.3 Å². The van der Waals surface area contributed by atoms with E-state index in [2.05, 4.69) is 13.8 Å². The quantitative estimate of drug-likeness (QED) is 0.805. The second-order valence-electron chi connectivity index (χ2n) is 3.77. The van der Waals surface area contributed by atoms with Crippen LogP contribution in [-0.4, -0.2) is 16.8 Å². The van der Waals surface area contributed by atoms with Gasteiger partial charge in [-0.25, -0.2) is 4.79 Å². The van der Waals surface area contributed by atoms with Crippen LogP contribution in [0.4, 0.5) is 0 Å². The van der Waals surface area contributed by atoms with Gasteiger partial charge in [-0.1, -0.05) is 31.9 Å². The highest BCUT2D eigenvalue weighted by atomic mass is 35.5. The van der Waals surface area contributed by atoms with Crippen molar-refractivity contribution < 1.29 is 9.90 Å². The Balaban J connectivity index is 2.72. The molecule has 0 bridgehead atoms. The first-order valence-corrected chi connectivity index (χ1v) is 6.56. The monoisotopic (exact) mass is 258 g/mol. The Kier molecular flexibility index (Phi) is 5.16. The summed E-state index contributed by atoms with van der Waals surface area (Å²) < 4.78 is 0. The van der Waals surface area contributed by atoms with Gasteiger partial charge in [0.1, 0.15) is 0 Å². The van der Waals surface area contributed by atoms with Crippen LogP contribution in [-0.2, 0) is 0 Å². The summed E-state index contributed by atoms with van der Waals surface area (Å²) in [5.74, 6) is 0.698. The van der Waals surface area contributed by atoms with Crippen molar-refractivity contribution in [2.24, 2.45) is 5.92 Å². The Morgan fingerprint density at radius 3 is 2.75 bits per heavy atom. The lowest BCUT2D eigenvalue weighted by Gasteiger charge is -2.09. The maximum Gasteiger partial charge on any atom is 0.335 e. The number of hydrogen-bond donors (Lipinski definition) is 1. The minimum absolute atomic E-state index is 0.234. The molecule has 1 N–H and O–H groups in total. The second-order valence-corrected chi connectivity index (χ2v) is 5.24. The van der Waals surface area contributed by atoms with Crippen molar-refractivity contribution in [3.05, 3.63) is 28.8 Å². The van der Waals surface area contributed by atoms with Gasteiger partial charge in [-0.15, -0.1) is 11.8 Å². The van der Waals surface area contributed by atoms with Gasteiger partial charge in [-0.3, -0.25) is 0 Å². The number of benzene rings is 1. The van der Waals surface area contributed by atoms with Gasteiger partial charge in [0.15, 0.2) is 0 Å². The van der Waals surface area contributed by atoms with Gasteiger partial charge in [0.25, 0.3) is 0 Å². The number of carboxylic acid groups (broad SMARTS) is 1. The highest BCUT2D eigenvalue weighted by molar-refractivity contribution is 7.99. The van der Waals surface area contributed by atoms with E-state index in [0.717, 1.165) is 17.1 Å². The fourth-order valence-corrected chi connectivity index (χ4v) is 2.51. The van der Waals surface area contributed by atoms with Crippen LogP contribution < -0.4 is 0 Å². The summed E-state index contributed by atoms with van der Waals surface area (Å²) in [6, 6.07) is 4.87. The third kappa shape index (κ3) is 3.72. The SMILES string of the molecule is CCC(C)CSc1ccc(C(=O)O)cc1Cl. The van der Waals surface area contributed by atoms with Crippen molar-refractivity contribution in [1.82, 2.24) is 0 Å². The molecule has 0 radical (unpaired) electrons. The number of halogens is 1. The van der Waals surface area contributed by atoms with E-state index >= 15 is 0 Å². The second kappa shape index (κ2) is 6.16. The molecular weight excluding hydrogens is 244 g/mol. The third-order valence-corrected chi connectivity index (χ3v) is 4.23. The molecule has 0 spiro atoms. The number of thioether (sulfide) groups is 1. The van der Waals surface area contributed by atoms with Crippen molar-refractivity contribution >= 4 is 29.3 Å². The van der Waals surface area contributed by atoms with Gasteiger partial charge in [0.2, 0.25) is 0 Å². The Labute approximate surface area is 105 Å². The highest BCUT2D eigenvalue weighted by Crippen LogP contribution is 2.29. The van der Waals surface area contributed by atoms with Crippen LogP contribution in [0.2, 0.25) is 5.02 Å². The summed E-state index contributed by atoms with van der Waals surface area (Å²) in [5, 5.41) is 9.31. The van der Waals surface area contributed by atoms with Crippen molar-refractivity contribution in [3.63, 3.8) is 0 Å². The summed E-state index contributed by atoms with van der Waals surface area (Å²) in [5.41, 5.74) is 0.234. The third-order valence-electron chi connectivity index (χ3n) is 2.40. The molecule has 1 atom stereocenters. The molecule has 0 saturated carbocycles. The Morgan fingerprint density at radius 2 is 2.25 bits per heavy atom. The lowest BCUT2D eigenvalue weighted by atomic mass is 10.2. The van der Waals surface area contributed by atoms with E-state index in [1.165, 1.54) is 6.07 Å². The van der Waals surface area contributed by atoms with Crippen LogP contribution >= 0.6 is 23.4 Å². The molecule has 4 heteroatoms. The summed E-state index contributed by atoms with van der Waals surface area (Å²) in [6.45, 7) is 4.34. The summed E-state index contributed by atoms with van der Waals surface area (Å²) in [6.07, 6.45) is 1.14. The van der Waals surface area contributed by atoms with Gasteiger partial charge in [-0.05, 0) is 24.1 Å².